The number of anilines is 1. The number of amides is 1. The van der Waals surface area contributed by atoms with E-state index in [0.29, 0.717) is 21.6 Å². The molecule has 1 atom stereocenters. The standard InChI is InChI=1S/C28H16N10O3S/c29-13-19-20(14-30)38(28-34-18-10-4-6-12-22(18)42-28)27(33-19)37-36-23(26(41)32-17-9-3-5-11-21(17)39)24-31-16-8-2-1-7-15(16)25(40)35-24/h1-12,23,39H,(H,32,41)(H,31,35,40). The van der Waals surface area contributed by atoms with Gasteiger partial charge in [0.1, 0.15) is 23.7 Å². The molecule has 202 valence electrons. The van der Waals surface area contributed by atoms with Crippen molar-refractivity contribution in [1.29, 1.82) is 10.5 Å². The molecule has 6 rings (SSSR count). The van der Waals surface area contributed by atoms with Crippen LogP contribution in [0, 0.1) is 22.7 Å². The molecule has 0 aliphatic carbocycles. The average molecular weight is 573 g/mol. The summed E-state index contributed by atoms with van der Waals surface area (Å²) in [4.78, 5) is 42.0. The van der Waals surface area contributed by atoms with Crippen LogP contribution in [0.5, 0.6) is 5.75 Å². The largest absolute Gasteiger partial charge is 0.506 e. The molecule has 3 aromatic heterocycles. The minimum absolute atomic E-state index is 0.0975. The van der Waals surface area contributed by atoms with Gasteiger partial charge in [0.05, 0.1) is 26.8 Å². The Balaban J connectivity index is 1.49. The molecule has 0 saturated heterocycles. The van der Waals surface area contributed by atoms with Crippen LogP contribution in [-0.4, -0.2) is 35.5 Å². The number of nitrogens with zero attached hydrogens (tertiary/aromatic N) is 8. The summed E-state index contributed by atoms with van der Waals surface area (Å²) >= 11 is 1.24. The van der Waals surface area contributed by atoms with E-state index < -0.39 is 17.5 Å². The molecule has 0 aliphatic heterocycles. The number of aromatic nitrogens is 5. The van der Waals surface area contributed by atoms with Gasteiger partial charge in [-0.05, 0) is 36.4 Å². The first kappa shape index (κ1) is 26.0. The van der Waals surface area contributed by atoms with E-state index in [9.17, 15) is 25.2 Å². The van der Waals surface area contributed by atoms with Crippen molar-refractivity contribution < 1.29 is 9.90 Å². The number of hydrogen-bond acceptors (Lipinski definition) is 11. The molecule has 1 unspecified atom stereocenters. The van der Waals surface area contributed by atoms with Crippen LogP contribution in [0.4, 0.5) is 11.6 Å². The minimum atomic E-state index is -1.53. The number of nitriles is 2. The third-order valence-electron chi connectivity index (χ3n) is 6.11. The van der Waals surface area contributed by atoms with E-state index in [4.69, 9.17) is 0 Å². The number of rotatable bonds is 6. The second kappa shape index (κ2) is 10.7. The monoisotopic (exact) mass is 572 g/mol. The molecule has 13 nitrogen and oxygen atoms in total. The van der Waals surface area contributed by atoms with Crippen LogP contribution >= 0.6 is 11.3 Å². The first-order chi connectivity index (χ1) is 20.5. The maximum absolute atomic E-state index is 13.5. The van der Waals surface area contributed by atoms with Gasteiger partial charge in [-0.25, -0.2) is 14.5 Å². The maximum atomic E-state index is 13.5. The molecule has 0 radical (unpaired) electrons. The number of phenolic OH excluding ortho intramolecular Hbond substituents is 1. The van der Waals surface area contributed by atoms with E-state index in [1.165, 1.54) is 28.0 Å². The fraction of sp³-hybridized carbons (Fsp3) is 0.0357. The molecule has 3 heterocycles. The Hall–Kier alpha value is -6.25. The second-order valence-electron chi connectivity index (χ2n) is 8.72. The highest BCUT2D eigenvalue weighted by Gasteiger charge is 2.27. The molecule has 6 aromatic rings. The van der Waals surface area contributed by atoms with Crippen LogP contribution in [0.3, 0.4) is 0 Å². The predicted molar refractivity (Wildman–Crippen MR) is 153 cm³/mol. The Labute approximate surface area is 239 Å². The van der Waals surface area contributed by atoms with Crippen molar-refractivity contribution in [2.45, 2.75) is 6.04 Å². The summed E-state index contributed by atoms with van der Waals surface area (Å²) in [6.45, 7) is 0. The Morgan fingerprint density at radius 1 is 0.976 bits per heavy atom. The van der Waals surface area contributed by atoms with Crippen LogP contribution < -0.4 is 10.9 Å². The van der Waals surface area contributed by atoms with E-state index in [-0.39, 0.29) is 34.6 Å². The summed E-state index contributed by atoms with van der Waals surface area (Å²) in [6.07, 6.45) is 0. The van der Waals surface area contributed by atoms with E-state index in [2.05, 4.69) is 35.5 Å². The number of aromatic amines is 1. The van der Waals surface area contributed by atoms with Crippen LogP contribution in [0.25, 0.3) is 26.3 Å². The first-order valence-electron chi connectivity index (χ1n) is 12.2. The van der Waals surface area contributed by atoms with Crippen molar-refractivity contribution >= 4 is 50.0 Å². The molecule has 0 spiro atoms. The maximum Gasteiger partial charge on any atom is 0.259 e. The van der Waals surface area contributed by atoms with Gasteiger partial charge in [0.15, 0.2) is 16.5 Å². The lowest BCUT2D eigenvalue weighted by atomic mass is 10.2. The molecule has 0 bridgehead atoms. The van der Waals surface area contributed by atoms with Gasteiger partial charge in [0.25, 0.3) is 17.4 Å². The Morgan fingerprint density at radius 2 is 1.71 bits per heavy atom. The van der Waals surface area contributed by atoms with E-state index in [0.717, 1.165) is 4.70 Å². The number of para-hydroxylation sites is 4. The third kappa shape index (κ3) is 4.70. The zero-order chi connectivity index (χ0) is 29.2. The van der Waals surface area contributed by atoms with Gasteiger partial charge in [0.2, 0.25) is 6.04 Å². The number of H-pyrrole nitrogens is 1. The molecule has 42 heavy (non-hydrogen) atoms. The van der Waals surface area contributed by atoms with Crippen LogP contribution in [-0.2, 0) is 4.79 Å². The third-order valence-corrected chi connectivity index (χ3v) is 7.13. The molecule has 0 fully saturated rings. The number of benzene rings is 3. The predicted octanol–water partition coefficient (Wildman–Crippen LogP) is 4.63. The number of fused-ring (bicyclic) bond motifs is 2. The SMILES string of the molecule is N#Cc1nc(N=NC(C(=O)Nc2ccccc2O)c2nc3ccccc3c(=O)[nH]2)n(-c2nc3ccccc3s2)c1C#N. The molecule has 1 amide bonds. The molecule has 0 aliphatic rings. The van der Waals surface area contributed by atoms with Crippen molar-refractivity contribution in [2.75, 3.05) is 5.32 Å². The molecule has 3 N–H and O–H groups in total. The van der Waals surface area contributed by atoms with Gasteiger partial charge in [0, 0.05) is 0 Å². The van der Waals surface area contributed by atoms with Gasteiger partial charge in [-0.2, -0.15) is 20.6 Å². The lowest BCUT2D eigenvalue weighted by molar-refractivity contribution is -0.117. The normalized spacial score (nSPS) is 11.9. The van der Waals surface area contributed by atoms with Crippen molar-refractivity contribution in [1.82, 2.24) is 24.5 Å². The van der Waals surface area contributed by atoms with Gasteiger partial charge >= 0.3 is 0 Å². The molecular formula is C28H16N10O3S. The highest BCUT2D eigenvalue weighted by atomic mass is 32.1. The highest BCUT2D eigenvalue weighted by molar-refractivity contribution is 7.20. The lowest BCUT2D eigenvalue weighted by Crippen LogP contribution is -2.24. The topological polar surface area (TPSA) is 198 Å². The number of hydrogen-bond donors (Lipinski definition) is 3. The number of imidazole rings is 1. The van der Waals surface area contributed by atoms with Gasteiger partial charge in [-0.15, -0.1) is 5.11 Å². The molecule has 14 heteroatoms. The summed E-state index contributed by atoms with van der Waals surface area (Å²) in [5.41, 5.74) is 0.257. The van der Waals surface area contributed by atoms with Crippen LogP contribution in [0.2, 0.25) is 0 Å². The number of carbonyl (C=O) groups excluding carboxylic acids is 1. The summed E-state index contributed by atoms with van der Waals surface area (Å²) in [5, 5.41) is 41.2. The number of aromatic hydroxyl groups is 1. The quantitative estimate of drug-likeness (QED) is 0.189. The van der Waals surface area contributed by atoms with Crippen molar-refractivity contribution in [3.8, 4) is 23.0 Å². The smallest absolute Gasteiger partial charge is 0.259 e. The van der Waals surface area contributed by atoms with E-state index in [1.807, 2.05) is 30.3 Å². The fourth-order valence-corrected chi connectivity index (χ4v) is 5.12. The lowest BCUT2D eigenvalue weighted by Gasteiger charge is -2.13. The average Bonchev–Trinajstić information content (AvgIpc) is 3.59. The van der Waals surface area contributed by atoms with Crippen LogP contribution in [0.1, 0.15) is 23.3 Å². The number of carbonyl (C=O) groups is 1. The van der Waals surface area contributed by atoms with Gasteiger partial charge < -0.3 is 15.4 Å². The summed E-state index contributed by atoms with van der Waals surface area (Å²) in [6, 6.07) is 22.3. The first-order valence-corrected chi connectivity index (χ1v) is 13.1. The Bertz CT molecular complexity index is 2150. The number of phenols is 1. The fourth-order valence-electron chi connectivity index (χ4n) is 4.15. The van der Waals surface area contributed by atoms with Crippen molar-refractivity contribution in [3.05, 3.63) is 100 Å². The van der Waals surface area contributed by atoms with Crippen molar-refractivity contribution in [3.63, 3.8) is 0 Å². The second-order valence-corrected chi connectivity index (χ2v) is 9.73. The van der Waals surface area contributed by atoms with Gasteiger partial charge in [-0.3, -0.25) is 9.59 Å². The van der Waals surface area contributed by atoms with E-state index in [1.54, 1.807) is 42.5 Å². The Morgan fingerprint density at radius 3 is 2.48 bits per heavy atom. The molecule has 0 saturated carbocycles. The highest BCUT2D eigenvalue weighted by Crippen LogP contribution is 2.32. The zero-order valence-corrected chi connectivity index (χ0v) is 22.1. The number of nitrogens with one attached hydrogen (secondary N) is 2. The number of thiazole rings is 1. The molecule has 3 aromatic carbocycles. The van der Waals surface area contributed by atoms with Crippen molar-refractivity contribution in [2.24, 2.45) is 10.2 Å². The Kier molecular flexibility index (Phi) is 6.64. The molecular weight excluding hydrogens is 556 g/mol. The van der Waals surface area contributed by atoms with E-state index >= 15 is 0 Å². The minimum Gasteiger partial charge on any atom is -0.506 e. The zero-order valence-electron chi connectivity index (χ0n) is 21.3. The summed E-state index contributed by atoms with van der Waals surface area (Å²) < 4.78 is 2.10. The van der Waals surface area contributed by atoms with Gasteiger partial charge in [-0.1, -0.05) is 47.7 Å². The van der Waals surface area contributed by atoms with Crippen LogP contribution in [0.15, 0.2) is 87.8 Å². The summed E-state index contributed by atoms with van der Waals surface area (Å²) in [5.74, 6) is -1.29. The summed E-state index contributed by atoms with van der Waals surface area (Å²) in [7, 11) is 0. The number of azo groups is 1.